The van der Waals surface area contributed by atoms with Crippen LogP contribution in [-0.4, -0.2) is 23.7 Å². The molecule has 1 heterocycles. The Morgan fingerprint density at radius 1 is 1.40 bits per heavy atom. The van der Waals surface area contributed by atoms with Crippen molar-refractivity contribution in [3.05, 3.63) is 45.7 Å². The van der Waals surface area contributed by atoms with Crippen LogP contribution in [0.3, 0.4) is 0 Å². The summed E-state index contributed by atoms with van der Waals surface area (Å²) in [7, 11) is -3.67. The summed E-state index contributed by atoms with van der Waals surface area (Å²) in [6.07, 6.45) is 3.17. The first-order valence-electron chi connectivity index (χ1n) is 5.81. The SMILES string of the molecule is Cc1cc(CO)cc(S(=O)(=O)NCc2cn[nH]c2)c1Br. The Kier molecular flexibility index (Phi) is 4.59. The Balaban J connectivity index is 2.31. The van der Waals surface area contributed by atoms with Gasteiger partial charge in [-0.25, -0.2) is 13.1 Å². The highest BCUT2D eigenvalue weighted by molar-refractivity contribution is 9.10. The average molecular weight is 360 g/mol. The van der Waals surface area contributed by atoms with Gasteiger partial charge in [0.15, 0.2) is 0 Å². The molecule has 0 aliphatic heterocycles. The van der Waals surface area contributed by atoms with Crippen molar-refractivity contribution < 1.29 is 13.5 Å². The van der Waals surface area contributed by atoms with Gasteiger partial charge in [0.05, 0.1) is 17.7 Å². The number of nitrogens with zero attached hydrogens (tertiary/aromatic N) is 1. The third-order valence-corrected chi connectivity index (χ3v) is 5.51. The Labute approximate surface area is 125 Å². The van der Waals surface area contributed by atoms with Crippen LogP contribution in [0.4, 0.5) is 0 Å². The van der Waals surface area contributed by atoms with Crippen LogP contribution in [0.1, 0.15) is 16.7 Å². The van der Waals surface area contributed by atoms with Crippen LogP contribution in [0.25, 0.3) is 0 Å². The fourth-order valence-corrected chi connectivity index (χ4v) is 3.81. The van der Waals surface area contributed by atoms with E-state index in [1.807, 2.05) is 0 Å². The maximum Gasteiger partial charge on any atom is 0.242 e. The molecule has 2 aromatic rings. The summed E-state index contributed by atoms with van der Waals surface area (Å²) in [5.41, 5.74) is 2.04. The van der Waals surface area contributed by atoms with Crippen molar-refractivity contribution >= 4 is 26.0 Å². The van der Waals surface area contributed by atoms with E-state index in [2.05, 4.69) is 30.8 Å². The van der Waals surface area contributed by atoms with Crippen LogP contribution in [0.15, 0.2) is 33.9 Å². The molecule has 0 saturated heterocycles. The number of aliphatic hydroxyl groups excluding tert-OH is 1. The number of aromatic nitrogens is 2. The lowest BCUT2D eigenvalue weighted by Crippen LogP contribution is -2.23. The molecule has 0 amide bonds. The third-order valence-electron chi connectivity index (χ3n) is 2.77. The van der Waals surface area contributed by atoms with Crippen LogP contribution < -0.4 is 4.72 Å². The predicted octanol–water partition coefficient (Wildman–Crippen LogP) is 1.45. The Hall–Kier alpha value is -1.22. The lowest BCUT2D eigenvalue weighted by molar-refractivity contribution is 0.281. The van der Waals surface area contributed by atoms with E-state index >= 15 is 0 Å². The second-order valence-electron chi connectivity index (χ2n) is 4.31. The average Bonchev–Trinajstić information content (AvgIpc) is 2.92. The standard InChI is InChI=1S/C12H14BrN3O3S/c1-8-2-9(7-17)3-11(12(8)13)20(18,19)16-6-10-4-14-15-5-10/h2-5,16-17H,6-7H2,1H3,(H,14,15). The molecule has 6 nitrogen and oxygen atoms in total. The zero-order chi connectivity index (χ0) is 14.8. The fraction of sp³-hybridized carbons (Fsp3) is 0.250. The van der Waals surface area contributed by atoms with E-state index in [1.54, 1.807) is 25.4 Å². The van der Waals surface area contributed by atoms with E-state index in [9.17, 15) is 13.5 Å². The highest BCUT2D eigenvalue weighted by Crippen LogP contribution is 2.27. The summed E-state index contributed by atoms with van der Waals surface area (Å²) in [4.78, 5) is 0.116. The summed E-state index contributed by atoms with van der Waals surface area (Å²) < 4.78 is 27.6. The molecule has 1 aromatic heterocycles. The Bertz CT molecular complexity index is 699. The lowest BCUT2D eigenvalue weighted by Gasteiger charge is -2.11. The number of hydrogen-bond acceptors (Lipinski definition) is 4. The van der Waals surface area contributed by atoms with E-state index in [-0.39, 0.29) is 18.0 Å². The van der Waals surface area contributed by atoms with Gasteiger partial charge in [-0.2, -0.15) is 5.10 Å². The molecule has 0 radical (unpaired) electrons. The Morgan fingerprint density at radius 3 is 2.75 bits per heavy atom. The van der Waals surface area contributed by atoms with E-state index in [0.717, 1.165) is 11.1 Å². The minimum Gasteiger partial charge on any atom is -0.392 e. The molecule has 0 aliphatic rings. The minimum atomic E-state index is -3.67. The van der Waals surface area contributed by atoms with Crippen molar-refractivity contribution in [1.82, 2.24) is 14.9 Å². The molecule has 1 aromatic carbocycles. The number of aryl methyl sites for hydroxylation is 1. The van der Waals surface area contributed by atoms with Crippen LogP contribution in [-0.2, 0) is 23.2 Å². The van der Waals surface area contributed by atoms with Crippen LogP contribution in [0, 0.1) is 6.92 Å². The molecule has 20 heavy (non-hydrogen) atoms. The molecule has 0 bridgehead atoms. The van der Waals surface area contributed by atoms with Crippen LogP contribution in [0.2, 0.25) is 0 Å². The third kappa shape index (κ3) is 3.26. The summed E-state index contributed by atoms with van der Waals surface area (Å²) in [6.45, 7) is 1.71. The zero-order valence-electron chi connectivity index (χ0n) is 10.7. The number of aromatic amines is 1. The molecule has 0 aliphatic carbocycles. The van der Waals surface area contributed by atoms with Crippen molar-refractivity contribution in [2.24, 2.45) is 0 Å². The first-order chi connectivity index (χ1) is 9.44. The maximum atomic E-state index is 12.3. The fourth-order valence-electron chi connectivity index (χ4n) is 1.73. The van der Waals surface area contributed by atoms with Crippen LogP contribution in [0.5, 0.6) is 0 Å². The van der Waals surface area contributed by atoms with Gasteiger partial charge in [-0.3, -0.25) is 5.10 Å². The van der Waals surface area contributed by atoms with Gasteiger partial charge < -0.3 is 5.11 Å². The number of nitrogens with one attached hydrogen (secondary N) is 2. The smallest absolute Gasteiger partial charge is 0.242 e. The second-order valence-corrected chi connectivity index (χ2v) is 6.84. The first kappa shape index (κ1) is 15.2. The van der Waals surface area contributed by atoms with Crippen molar-refractivity contribution in [1.29, 1.82) is 0 Å². The number of sulfonamides is 1. The van der Waals surface area contributed by atoms with Crippen molar-refractivity contribution in [3.63, 3.8) is 0 Å². The molecule has 0 spiro atoms. The number of rotatable bonds is 5. The molecule has 0 fully saturated rings. The topological polar surface area (TPSA) is 95.1 Å². The van der Waals surface area contributed by atoms with E-state index < -0.39 is 10.0 Å². The van der Waals surface area contributed by atoms with Gasteiger partial charge in [0, 0.05) is 22.8 Å². The molecule has 0 unspecified atom stereocenters. The summed E-state index contributed by atoms with van der Waals surface area (Å²) >= 11 is 3.28. The van der Waals surface area contributed by atoms with Crippen molar-refractivity contribution in [2.75, 3.05) is 0 Å². The number of halogens is 1. The molecular formula is C12H14BrN3O3S. The first-order valence-corrected chi connectivity index (χ1v) is 8.09. The van der Waals surface area contributed by atoms with Gasteiger partial charge >= 0.3 is 0 Å². The molecule has 2 rings (SSSR count). The monoisotopic (exact) mass is 359 g/mol. The highest BCUT2D eigenvalue weighted by Gasteiger charge is 2.19. The van der Waals surface area contributed by atoms with Crippen molar-refractivity contribution in [3.8, 4) is 0 Å². The van der Waals surface area contributed by atoms with Gasteiger partial charge in [-0.05, 0) is 40.0 Å². The summed E-state index contributed by atoms with van der Waals surface area (Å²) in [5, 5.41) is 15.6. The van der Waals surface area contributed by atoms with E-state index in [1.165, 1.54) is 6.07 Å². The van der Waals surface area contributed by atoms with E-state index in [0.29, 0.717) is 10.0 Å². The zero-order valence-corrected chi connectivity index (χ0v) is 13.1. The number of benzene rings is 1. The molecule has 0 atom stereocenters. The Morgan fingerprint density at radius 2 is 2.15 bits per heavy atom. The van der Waals surface area contributed by atoms with Crippen LogP contribution >= 0.6 is 15.9 Å². The molecule has 3 N–H and O–H groups in total. The number of aliphatic hydroxyl groups is 1. The maximum absolute atomic E-state index is 12.3. The van der Waals surface area contributed by atoms with Gasteiger partial charge in [-0.1, -0.05) is 6.07 Å². The highest BCUT2D eigenvalue weighted by atomic mass is 79.9. The normalized spacial score (nSPS) is 11.8. The van der Waals surface area contributed by atoms with Gasteiger partial charge in [0.2, 0.25) is 10.0 Å². The summed E-state index contributed by atoms with van der Waals surface area (Å²) in [5.74, 6) is 0. The lowest BCUT2D eigenvalue weighted by atomic mass is 10.1. The molecule has 8 heteroatoms. The predicted molar refractivity (Wildman–Crippen MR) is 77.4 cm³/mol. The van der Waals surface area contributed by atoms with Crippen molar-refractivity contribution in [2.45, 2.75) is 25.0 Å². The summed E-state index contributed by atoms with van der Waals surface area (Å²) in [6, 6.07) is 3.19. The van der Waals surface area contributed by atoms with Gasteiger partial charge in [0.1, 0.15) is 0 Å². The minimum absolute atomic E-state index is 0.116. The van der Waals surface area contributed by atoms with E-state index in [4.69, 9.17) is 0 Å². The molecule has 0 saturated carbocycles. The molecule has 108 valence electrons. The van der Waals surface area contributed by atoms with Gasteiger partial charge in [-0.15, -0.1) is 0 Å². The number of H-pyrrole nitrogens is 1. The van der Waals surface area contributed by atoms with Gasteiger partial charge in [0.25, 0.3) is 0 Å². The second kappa shape index (κ2) is 6.04. The quantitative estimate of drug-likeness (QED) is 0.752. The molecular weight excluding hydrogens is 346 g/mol. The number of hydrogen-bond donors (Lipinski definition) is 3. The largest absolute Gasteiger partial charge is 0.392 e.